The number of carbonyl (C=O) groups is 2. The molecule has 0 atom stereocenters. The summed E-state index contributed by atoms with van der Waals surface area (Å²) in [6.07, 6.45) is 7.10. The number of likely N-dealkylation sites (tertiary alicyclic amines) is 1. The SMILES string of the molecule is C#CCN(CC(=O)O)C(=O)N1CCC(C(C)(C)C)CC1. The predicted molar refractivity (Wildman–Crippen MR) is 77.2 cm³/mol. The van der Waals surface area contributed by atoms with Gasteiger partial charge in [0.1, 0.15) is 6.54 Å². The second-order valence-corrected chi connectivity index (χ2v) is 6.36. The summed E-state index contributed by atoms with van der Waals surface area (Å²) in [5.41, 5.74) is 0.245. The number of rotatable bonds is 3. The molecule has 0 radical (unpaired) electrons. The molecule has 112 valence electrons. The Balaban J connectivity index is 2.60. The van der Waals surface area contributed by atoms with E-state index < -0.39 is 5.97 Å². The lowest BCUT2D eigenvalue weighted by atomic mass is 9.75. The van der Waals surface area contributed by atoms with Crippen LogP contribution >= 0.6 is 0 Å². The Morgan fingerprint density at radius 3 is 2.30 bits per heavy atom. The third-order valence-corrected chi connectivity index (χ3v) is 3.87. The molecule has 0 unspecified atom stereocenters. The molecule has 0 saturated carbocycles. The molecule has 20 heavy (non-hydrogen) atoms. The molecule has 1 N–H and O–H groups in total. The molecule has 5 nitrogen and oxygen atoms in total. The van der Waals surface area contributed by atoms with Crippen molar-refractivity contribution in [3.63, 3.8) is 0 Å². The summed E-state index contributed by atoms with van der Waals surface area (Å²) in [6.45, 7) is 7.66. The first-order valence-corrected chi connectivity index (χ1v) is 6.94. The van der Waals surface area contributed by atoms with Crippen molar-refractivity contribution >= 4 is 12.0 Å². The van der Waals surface area contributed by atoms with Gasteiger partial charge < -0.3 is 14.9 Å². The fraction of sp³-hybridized carbons (Fsp3) is 0.733. The van der Waals surface area contributed by atoms with E-state index in [2.05, 4.69) is 26.7 Å². The van der Waals surface area contributed by atoms with Crippen LogP contribution in [0.5, 0.6) is 0 Å². The average molecular weight is 280 g/mol. The van der Waals surface area contributed by atoms with Gasteiger partial charge in [-0.3, -0.25) is 4.79 Å². The fourth-order valence-electron chi connectivity index (χ4n) is 2.60. The molecule has 0 aromatic rings. The number of amides is 2. The summed E-state index contributed by atoms with van der Waals surface area (Å²) in [5, 5.41) is 8.83. The van der Waals surface area contributed by atoms with Gasteiger partial charge in [-0.05, 0) is 24.2 Å². The van der Waals surface area contributed by atoms with Crippen LogP contribution in [-0.2, 0) is 4.79 Å². The van der Waals surface area contributed by atoms with Gasteiger partial charge in [-0.15, -0.1) is 6.42 Å². The standard InChI is InChI=1S/C15H24N2O3/c1-5-8-17(11-13(18)19)14(20)16-9-6-12(7-10-16)15(2,3)4/h1,12H,6-11H2,2-4H3,(H,18,19). The van der Waals surface area contributed by atoms with Crippen molar-refractivity contribution in [1.29, 1.82) is 0 Å². The number of carboxylic acid groups (broad SMARTS) is 1. The topological polar surface area (TPSA) is 60.9 Å². The van der Waals surface area contributed by atoms with Gasteiger partial charge in [0.25, 0.3) is 0 Å². The molecule has 2 amide bonds. The smallest absolute Gasteiger partial charge is 0.323 e. The summed E-state index contributed by atoms with van der Waals surface area (Å²) in [5.74, 6) is 1.89. The molecule has 1 rings (SSSR count). The van der Waals surface area contributed by atoms with Crippen LogP contribution in [0, 0.1) is 23.7 Å². The molecule has 1 saturated heterocycles. The zero-order valence-corrected chi connectivity index (χ0v) is 12.6. The maximum atomic E-state index is 12.3. The van der Waals surface area contributed by atoms with Crippen LogP contribution in [0.3, 0.4) is 0 Å². The summed E-state index contributed by atoms with van der Waals surface area (Å²) in [7, 11) is 0. The lowest BCUT2D eigenvalue weighted by Crippen LogP contribution is -2.49. The summed E-state index contributed by atoms with van der Waals surface area (Å²) < 4.78 is 0. The van der Waals surface area contributed by atoms with E-state index in [0.29, 0.717) is 19.0 Å². The quantitative estimate of drug-likeness (QED) is 0.803. The first-order valence-electron chi connectivity index (χ1n) is 6.94. The van der Waals surface area contributed by atoms with E-state index >= 15 is 0 Å². The molecule has 1 heterocycles. The van der Waals surface area contributed by atoms with Crippen LogP contribution in [0.25, 0.3) is 0 Å². The van der Waals surface area contributed by atoms with Crippen LogP contribution in [0.1, 0.15) is 33.6 Å². The number of hydrogen-bond donors (Lipinski definition) is 1. The van der Waals surface area contributed by atoms with Crippen molar-refractivity contribution < 1.29 is 14.7 Å². The Hall–Kier alpha value is -1.70. The number of terminal acetylenes is 1. The van der Waals surface area contributed by atoms with E-state index in [1.807, 2.05) is 0 Å². The van der Waals surface area contributed by atoms with Crippen LogP contribution < -0.4 is 0 Å². The highest BCUT2D eigenvalue weighted by molar-refractivity contribution is 5.80. The molecule has 1 aliphatic rings. The number of hydrogen-bond acceptors (Lipinski definition) is 2. The zero-order chi connectivity index (χ0) is 15.3. The first-order chi connectivity index (χ1) is 9.25. The highest BCUT2D eigenvalue weighted by Crippen LogP contribution is 2.34. The number of carboxylic acids is 1. The fourth-order valence-corrected chi connectivity index (χ4v) is 2.60. The number of aliphatic carboxylic acids is 1. The Kier molecular flexibility index (Phi) is 5.43. The maximum absolute atomic E-state index is 12.3. The highest BCUT2D eigenvalue weighted by atomic mass is 16.4. The molecule has 0 aromatic carbocycles. The van der Waals surface area contributed by atoms with Gasteiger partial charge >= 0.3 is 12.0 Å². The molecule has 0 spiro atoms. The van der Waals surface area contributed by atoms with Gasteiger partial charge in [0.05, 0.1) is 6.54 Å². The van der Waals surface area contributed by atoms with E-state index in [0.717, 1.165) is 12.8 Å². The number of carbonyl (C=O) groups excluding carboxylic acids is 1. The van der Waals surface area contributed by atoms with E-state index in [-0.39, 0.29) is 24.5 Å². The second kappa shape index (κ2) is 6.65. The van der Waals surface area contributed by atoms with Crippen molar-refractivity contribution in [3.8, 4) is 12.3 Å². The average Bonchev–Trinajstić information content (AvgIpc) is 2.36. The number of urea groups is 1. The Bertz CT molecular complexity index is 398. The van der Waals surface area contributed by atoms with Gasteiger partial charge in [-0.2, -0.15) is 0 Å². The van der Waals surface area contributed by atoms with Crippen molar-refractivity contribution in [2.45, 2.75) is 33.6 Å². The van der Waals surface area contributed by atoms with Gasteiger partial charge in [0.15, 0.2) is 0 Å². The minimum Gasteiger partial charge on any atom is -0.480 e. The zero-order valence-electron chi connectivity index (χ0n) is 12.6. The van der Waals surface area contributed by atoms with Gasteiger partial charge in [-0.25, -0.2) is 4.79 Å². The molecule has 1 aliphatic heterocycles. The molecule has 0 bridgehead atoms. The van der Waals surface area contributed by atoms with Crippen LogP contribution in [0.2, 0.25) is 0 Å². The summed E-state index contributed by atoms with van der Waals surface area (Å²) in [6, 6.07) is -0.266. The third-order valence-electron chi connectivity index (χ3n) is 3.87. The largest absolute Gasteiger partial charge is 0.480 e. The summed E-state index contributed by atoms with van der Waals surface area (Å²) in [4.78, 5) is 26.0. The molecule has 0 aliphatic carbocycles. The predicted octanol–water partition coefficient (Wildman–Crippen LogP) is 1.88. The van der Waals surface area contributed by atoms with Crippen molar-refractivity contribution in [2.24, 2.45) is 11.3 Å². The van der Waals surface area contributed by atoms with Gasteiger partial charge in [-0.1, -0.05) is 26.7 Å². The minimum absolute atomic E-state index is 0.0321. The second-order valence-electron chi connectivity index (χ2n) is 6.36. The monoisotopic (exact) mass is 280 g/mol. The van der Waals surface area contributed by atoms with Crippen molar-refractivity contribution in [2.75, 3.05) is 26.2 Å². The van der Waals surface area contributed by atoms with Crippen molar-refractivity contribution in [3.05, 3.63) is 0 Å². The maximum Gasteiger partial charge on any atom is 0.323 e. The molecular weight excluding hydrogens is 256 g/mol. The van der Waals surface area contributed by atoms with Crippen LogP contribution in [0.4, 0.5) is 4.79 Å². The number of nitrogens with zero attached hydrogens (tertiary/aromatic N) is 2. The van der Waals surface area contributed by atoms with Crippen molar-refractivity contribution in [1.82, 2.24) is 9.80 Å². The normalized spacial score (nSPS) is 16.6. The van der Waals surface area contributed by atoms with Gasteiger partial charge in [0, 0.05) is 13.1 Å². The van der Waals surface area contributed by atoms with E-state index in [4.69, 9.17) is 11.5 Å². The molecule has 1 fully saturated rings. The third kappa shape index (κ3) is 4.44. The Morgan fingerprint density at radius 2 is 1.90 bits per heavy atom. The molecular formula is C15H24N2O3. The Morgan fingerprint density at radius 1 is 1.35 bits per heavy atom. The Labute approximate surface area is 120 Å². The number of piperidine rings is 1. The van der Waals surface area contributed by atoms with Crippen LogP contribution in [0.15, 0.2) is 0 Å². The summed E-state index contributed by atoms with van der Waals surface area (Å²) >= 11 is 0. The molecule has 0 aromatic heterocycles. The van der Waals surface area contributed by atoms with E-state index in [1.165, 1.54) is 4.90 Å². The lowest BCUT2D eigenvalue weighted by molar-refractivity contribution is -0.137. The van der Waals surface area contributed by atoms with E-state index in [9.17, 15) is 9.59 Å². The van der Waals surface area contributed by atoms with E-state index in [1.54, 1.807) is 4.90 Å². The minimum atomic E-state index is -1.04. The first kappa shape index (κ1) is 16.4. The van der Waals surface area contributed by atoms with Gasteiger partial charge in [0.2, 0.25) is 0 Å². The molecule has 5 heteroatoms. The van der Waals surface area contributed by atoms with Crippen LogP contribution in [-0.4, -0.2) is 53.1 Å². The highest BCUT2D eigenvalue weighted by Gasteiger charge is 2.32. The lowest BCUT2D eigenvalue weighted by Gasteiger charge is -2.40.